The van der Waals surface area contributed by atoms with Crippen LogP contribution in [0.25, 0.3) is 0 Å². The molecule has 0 radical (unpaired) electrons. The number of nitrogens with zero attached hydrogens (tertiary/aromatic N) is 1. The molecule has 2 nitrogen and oxygen atoms in total. The molecule has 0 aliphatic carbocycles. The molecule has 0 aliphatic heterocycles. The van der Waals surface area contributed by atoms with E-state index in [1.807, 2.05) is 24.3 Å². The topological polar surface area (TPSA) is 35.8 Å². The van der Waals surface area contributed by atoms with Gasteiger partial charge in [-0.15, -0.1) is 0 Å². The maximum Gasteiger partial charge on any atom is 0.0991 e. The van der Waals surface area contributed by atoms with Crippen LogP contribution in [0, 0.1) is 11.3 Å². The average molecular weight is 202 g/mol. The molecule has 1 rings (SSSR count). The van der Waals surface area contributed by atoms with E-state index in [0.717, 1.165) is 13.0 Å². The fourth-order valence-electron chi connectivity index (χ4n) is 1.16. The molecule has 0 bridgehead atoms. The zero-order chi connectivity index (χ0) is 11.3. The molecule has 0 aliphatic rings. The van der Waals surface area contributed by atoms with E-state index in [4.69, 9.17) is 5.26 Å². The van der Waals surface area contributed by atoms with E-state index in [-0.39, 0.29) is 5.54 Å². The van der Waals surface area contributed by atoms with Gasteiger partial charge in [0.25, 0.3) is 0 Å². The highest BCUT2D eigenvalue weighted by atomic mass is 14.9. The molecule has 0 aromatic heterocycles. The van der Waals surface area contributed by atoms with Crippen molar-refractivity contribution in [3.63, 3.8) is 0 Å². The predicted molar refractivity (Wildman–Crippen MR) is 62.4 cm³/mol. The molecule has 1 aromatic rings. The molecule has 0 atom stereocenters. The molecule has 0 amide bonds. The molecule has 0 fully saturated rings. The van der Waals surface area contributed by atoms with Crippen LogP contribution in [0.2, 0.25) is 0 Å². The standard InChI is InChI=1S/C13H18N2/c1-4-13(2,3)15-10-12-7-5-11(9-14)6-8-12/h5-8,15H,4,10H2,1-3H3. The maximum absolute atomic E-state index is 8.66. The Labute approximate surface area is 91.9 Å². The summed E-state index contributed by atoms with van der Waals surface area (Å²) >= 11 is 0. The lowest BCUT2D eigenvalue weighted by Crippen LogP contribution is -2.37. The molecular formula is C13H18N2. The highest BCUT2D eigenvalue weighted by molar-refractivity contribution is 5.31. The van der Waals surface area contributed by atoms with E-state index >= 15 is 0 Å². The number of nitrogens with one attached hydrogen (secondary N) is 1. The number of rotatable bonds is 4. The van der Waals surface area contributed by atoms with Crippen molar-refractivity contribution in [1.82, 2.24) is 5.32 Å². The van der Waals surface area contributed by atoms with E-state index in [0.29, 0.717) is 5.56 Å². The first-order valence-electron chi connectivity index (χ1n) is 5.31. The predicted octanol–water partition coefficient (Wildman–Crippen LogP) is 2.84. The largest absolute Gasteiger partial charge is 0.308 e. The summed E-state index contributed by atoms with van der Waals surface area (Å²) in [6, 6.07) is 9.83. The Balaban J connectivity index is 2.56. The summed E-state index contributed by atoms with van der Waals surface area (Å²) < 4.78 is 0. The molecule has 0 heterocycles. The molecule has 0 unspecified atom stereocenters. The molecule has 0 saturated carbocycles. The number of hydrogen-bond acceptors (Lipinski definition) is 2. The molecule has 0 spiro atoms. The van der Waals surface area contributed by atoms with Crippen LogP contribution in [-0.4, -0.2) is 5.54 Å². The van der Waals surface area contributed by atoms with Crippen LogP contribution in [0.3, 0.4) is 0 Å². The summed E-state index contributed by atoms with van der Waals surface area (Å²) in [6.07, 6.45) is 1.10. The van der Waals surface area contributed by atoms with E-state index < -0.39 is 0 Å². The fourth-order valence-corrected chi connectivity index (χ4v) is 1.16. The van der Waals surface area contributed by atoms with Gasteiger partial charge in [-0.2, -0.15) is 5.26 Å². The van der Waals surface area contributed by atoms with Gasteiger partial charge in [-0.05, 0) is 38.0 Å². The second-order valence-electron chi connectivity index (χ2n) is 4.40. The number of benzene rings is 1. The van der Waals surface area contributed by atoms with Gasteiger partial charge in [0.2, 0.25) is 0 Å². The Hall–Kier alpha value is -1.33. The van der Waals surface area contributed by atoms with Crippen molar-refractivity contribution >= 4 is 0 Å². The number of hydrogen-bond donors (Lipinski definition) is 1. The van der Waals surface area contributed by atoms with E-state index in [2.05, 4.69) is 32.2 Å². The Morgan fingerprint density at radius 3 is 2.33 bits per heavy atom. The van der Waals surface area contributed by atoms with Gasteiger partial charge in [0.05, 0.1) is 11.6 Å². The molecule has 1 aromatic carbocycles. The van der Waals surface area contributed by atoms with Crippen LogP contribution < -0.4 is 5.32 Å². The smallest absolute Gasteiger partial charge is 0.0991 e. The quantitative estimate of drug-likeness (QED) is 0.815. The summed E-state index contributed by atoms with van der Waals surface area (Å²) in [5, 5.41) is 12.1. The van der Waals surface area contributed by atoms with Crippen molar-refractivity contribution in [2.24, 2.45) is 0 Å². The van der Waals surface area contributed by atoms with Crippen LogP contribution in [0.1, 0.15) is 38.3 Å². The van der Waals surface area contributed by atoms with Gasteiger partial charge in [0.1, 0.15) is 0 Å². The van der Waals surface area contributed by atoms with Crippen LogP contribution in [0.15, 0.2) is 24.3 Å². The van der Waals surface area contributed by atoms with Gasteiger partial charge in [0, 0.05) is 12.1 Å². The Bertz CT molecular complexity index is 344. The van der Waals surface area contributed by atoms with Gasteiger partial charge in [-0.25, -0.2) is 0 Å². The Kier molecular flexibility index (Phi) is 3.88. The second kappa shape index (κ2) is 4.95. The van der Waals surface area contributed by atoms with Crippen LogP contribution in [-0.2, 0) is 6.54 Å². The summed E-state index contributed by atoms with van der Waals surface area (Å²) in [7, 11) is 0. The van der Waals surface area contributed by atoms with Gasteiger partial charge < -0.3 is 5.32 Å². The molecule has 15 heavy (non-hydrogen) atoms. The molecule has 0 saturated heterocycles. The molecular weight excluding hydrogens is 184 g/mol. The minimum Gasteiger partial charge on any atom is -0.308 e. The van der Waals surface area contributed by atoms with E-state index in [9.17, 15) is 0 Å². The third-order valence-corrected chi connectivity index (χ3v) is 2.74. The highest BCUT2D eigenvalue weighted by Crippen LogP contribution is 2.09. The summed E-state index contributed by atoms with van der Waals surface area (Å²) in [4.78, 5) is 0. The lowest BCUT2D eigenvalue weighted by molar-refractivity contribution is 0.374. The van der Waals surface area contributed by atoms with Gasteiger partial charge >= 0.3 is 0 Å². The zero-order valence-electron chi connectivity index (χ0n) is 9.67. The summed E-state index contributed by atoms with van der Waals surface area (Å²) in [6.45, 7) is 7.41. The average Bonchev–Trinajstić information content (AvgIpc) is 2.27. The summed E-state index contributed by atoms with van der Waals surface area (Å²) in [5.74, 6) is 0. The monoisotopic (exact) mass is 202 g/mol. The van der Waals surface area contributed by atoms with Crippen molar-refractivity contribution in [2.75, 3.05) is 0 Å². The number of nitriles is 1. The van der Waals surface area contributed by atoms with Gasteiger partial charge in [-0.3, -0.25) is 0 Å². The lowest BCUT2D eigenvalue weighted by Gasteiger charge is -2.24. The minimum atomic E-state index is 0.175. The molecule has 1 N–H and O–H groups in total. The van der Waals surface area contributed by atoms with Crippen molar-refractivity contribution in [2.45, 2.75) is 39.3 Å². The third-order valence-electron chi connectivity index (χ3n) is 2.74. The first-order chi connectivity index (χ1) is 7.07. The van der Waals surface area contributed by atoms with Crippen molar-refractivity contribution in [3.8, 4) is 6.07 Å². The molecule has 2 heteroatoms. The van der Waals surface area contributed by atoms with Crippen molar-refractivity contribution in [1.29, 1.82) is 5.26 Å². The summed E-state index contributed by atoms with van der Waals surface area (Å²) in [5.41, 5.74) is 2.11. The zero-order valence-corrected chi connectivity index (χ0v) is 9.67. The fraction of sp³-hybridized carbons (Fsp3) is 0.462. The van der Waals surface area contributed by atoms with Crippen molar-refractivity contribution in [3.05, 3.63) is 35.4 Å². The highest BCUT2D eigenvalue weighted by Gasteiger charge is 2.12. The first kappa shape index (κ1) is 11.7. The molecule has 80 valence electrons. The first-order valence-corrected chi connectivity index (χ1v) is 5.31. The van der Waals surface area contributed by atoms with Crippen LogP contribution in [0.4, 0.5) is 0 Å². The van der Waals surface area contributed by atoms with E-state index in [1.54, 1.807) is 0 Å². The lowest BCUT2D eigenvalue weighted by atomic mass is 10.0. The SMILES string of the molecule is CCC(C)(C)NCc1ccc(C#N)cc1. The second-order valence-corrected chi connectivity index (χ2v) is 4.40. The Morgan fingerprint density at radius 2 is 1.87 bits per heavy atom. The van der Waals surface area contributed by atoms with Gasteiger partial charge in [0.15, 0.2) is 0 Å². The normalized spacial score (nSPS) is 11.1. The maximum atomic E-state index is 8.66. The van der Waals surface area contributed by atoms with Crippen LogP contribution >= 0.6 is 0 Å². The third kappa shape index (κ3) is 3.73. The van der Waals surface area contributed by atoms with Crippen molar-refractivity contribution < 1.29 is 0 Å². The Morgan fingerprint density at radius 1 is 1.27 bits per heavy atom. The van der Waals surface area contributed by atoms with Gasteiger partial charge in [-0.1, -0.05) is 19.1 Å². The van der Waals surface area contributed by atoms with E-state index in [1.165, 1.54) is 5.56 Å². The van der Waals surface area contributed by atoms with Crippen LogP contribution in [0.5, 0.6) is 0 Å². The minimum absolute atomic E-state index is 0.175.